The molecule has 0 atom stereocenters. The molecule has 2 amide bonds. The van der Waals surface area contributed by atoms with Gasteiger partial charge in [0.05, 0.1) is 11.4 Å². The molecule has 29 heavy (non-hydrogen) atoms. The van der Waals surface area contributed by atoms with Crippen molar-refractivity contribution in [3.63, 3.8) is 0 Å². The van der Waals surface area contributed by atoms with Gasteiger partial charge in [0.1, 0.15) is 5.75 Å². The minimum absolute atomic E-state index is 0.0219. The zero-order chi connectivity index (χ0) is 20.2. The average Bonchev–Trinajstić information content (AvgIpc) is 2.76. The highest BCUT2D eigenvalue weighted by Gasteiger charge is 2.22. The number of benzene rings is 4. The van der Waals surface area contributed by atoms with Crippen molar-refractivity contribution in [3.8, 4) is 28.0 Å². The van der Waals surface area contributed by atoms with Crippen LogP contribution < -0.4 is 10.6 Å². The van der Waals surface area contributed by atoms with Crippen LogP contribution >= 0.6 is 0 Å². The van der Waals surface area contributed by atoms with Crippen LogP contribution in [0.4, 0.5) is 16.2 Å². The van der Waals surface area contributed by atoms with E-state index < -0.39 is 6.03 Å². The van der Waals surface area contributed by atoms with Crippen molar-refractivity contribution in [1.29, 1.82) is 0 Å². The van der Waals surface area contributed by atoms with E-state index in [4.69, 9.17) is 5.73 Å². The van der Waals surface area contributed by atoms with E-state index >= 15 is 0 Å². The van der Waals surface area contributed by atoms with Gasteiger partial charge in [-0.1, -0.05) is 84.9 Å². The van der Waals surface area contributed by atoms with Crippen LogP contribution in [0.25, 0.3) is 22.3 Å². The summed E-state index contributed by atoms with van der Waals surface area (Å²) >= 11 is 0. The SMILES string of the molecule is NC(=O)N(c1cc(-c2ccccc2)ccc1O)c1ccccc1-c1ccccc1. The molecule has 4 nitrogen and oxygen atoms in total. The lowest BCUT2D eigenvalue weighted by Crippen LogP contribution is -2.32. The summed E-state index contributed by atoms with van der Waals surface area (Å²) in [5.41, 5.74) is 10.4. The monoisotopic (exact) mass is 380 g/mol. The maximum Gasteiger partial charge on any atom is 0.324 e. The van der Waals surface area contributed by atoms with Crippen LogP contribution in [-0.2, 0) is 0 Å². The minimum Gasteiger partial charge on any atom is -0.506 e. The number of primary amides is 1. The van der Waals surface area contributed by atoms with E-state index in [1.165, 1.54) is 4.90 Å². The number of para-hydroxylation sites is 1. The minimum atomic E-state index is -0.672. The number of nitrogens with zero attached hydrogens (tertiary/aromatic N) is 1. The molecular weight excluding hydrogens is 360 g/mol. The van der Waals surface area contributed by atoms with Crippen molar-refractivity contribution in [2.75, 3.05) is 4.90 Å². The molecule has 0 bridgehead atoms. The third-order valence-corrected chi connectivity index (χ3v) is 4.77. The van der Waals surface area contributed by atoms with E-state index in [-0.39, 0.29) is 5.75 Å². The predicted molar refractivity (Wildman–Crippen MR) is 117 cm³/mol. The highest BCUT2D eigenvalue weighted by molar-refractivity contribution is 6.04. The molecule has 0 aliphatic rings. The summed E-state index contributed by atoms with van der Waals surface area (Å²) in [6.45, 7) is 0. The fourth-order valence-corrected chi connectivity index (χ4v) is 3.41. The first-order valence-corrected chi connectivity index (χ1v) is 9.27. The van der Waals surface area contributed by atoms with Crippen LogP contribution in [0.15, 0.2) is 103 Å². The van der Waals surface area contributed by atoms with Crippen LogP contribution in [0.1, 0.15) is 0 Å². The lowest BCUT2D eigenvalue weighted by atomic mass is 10.0. The maximum absolute atomic E-state index is 12.5. The number of carbonyl (C=O) groups excluding carboxylic acids is 1. The molecule has 4 heteroatoms. The van der Waals surface area contributed by atoms with Crippen LogP contribution in [0.3, 0.4) is 0 Å². The summed E-state index contributed by atoms with van der Waals surface area (Å²) in [5, 5.41) is 10.6. The zero-order valence-corrected chi connectivity index (χ0v) is 15.7. The summed E-state index contributed by atoms with van der Waals surface area (Å²) in [5.74, 6) is -0.0219. The number of hydrogen-bond acceptors (Lipinski definition) is 2. The maximum atomic E-state index is 12.5. The number of aromatic hydroxyl groups is 1. The number of hydrogen-bond donors (Lipinski definition) is 2. The third kappa shape index (κ3) is 3.69. The number of anilines is 2. The molecular formula is C25H20N2O2. The Kier molecular flexibility index (Phi) is 4.99. The van der Waals surface area contributed by atoms with Crippen molar-refractivity contribution in [3.05, 3.63) is 103 Å². The first-order chi connectivity index (χ1) is 14.1. The zero-order valence-electron chi connectivity index (χ0n) is 15.7. The first-order valence-electron chi connectivity index (χ1n) is 9.27. The van der Waals surface area contributed by atoms with Gasteiger partial charge in [-0.25, -0.2) is 4.79 Å². The number of phenols is 1. The van der Waals surface area contributed by atoms with Crippen molar-refractivity contribution in [1.82, 2.24) is 0 Å². The molecule has 142 valence electrons. The molecule has 0 aliphatic carbocycles. The van der Waals surface area contributed by atoms with E-state index in [9.17, 15) is 9.90 Å². The summed E-state index contributed by atoms with van der Waals surface area (Å²) in [6, 6.07) is 31.5. The molecule has 0 fully saturated rings. The fraction of sp³-hybridized carbons (Fsp3) is 0. The van der Waals surface area contributed by atoms with Gasteiger partial charge in [-0.3, -0.25) is 4.90 Å². The Morgan fingerprint density at radius 3 is 1.90 bits per heavy atom. The van der Waals surface area contributed by atoms with Crippen molar-refractivity contribution in [2.24, 2.45) is 5.73 Å². The van der Waals surface area contributed by atoms with Crippen molar-refractivity contribution in [2.45, 2.75) is 0 Å². The second-order valence-corrected chi connectivity index (χ2v) is 6.63. The lowest BCUT2D eigenvalue weighted by molar-refractivity contribution is 0.256. The Balaban J connectivity index is 1.88. The van der Waals surface area contributed by atoms with Gasteiger partial charge in [-0.2, -0.15) is 0 Å². The van der Waals surface area contributed by atoms with Gasteiger partial charge in [0.15, 0.2) is 0 Å². The molecule has 4 aromatic rings. The Morgan fingerprint density at radius 1 is 0.655 bits per heavy atom. The largest absolute Gasteiger partial charge is 0.506 e. The number of urea groups is 1. The number of amides is 2. The second-order valence-electron chi connectivity index (χ2n) is 6.63. The molecule has 0 aromatic heterocycles. The van der Waals surface area contributed by atoms with Gasteiger partial charge in [0.25, 0.3) is 0 Å². The van der Waals surface area contributed by atoms with Crippen molar-refractivity contribution < 1.29 is 9.90 Å². The number of phenolic OH excluding ortho intramolecular Hbond substituents is 1. The Morgan fingerprint density at radius 2 is 1.24 bits per heavy atom. The molecule has 4 rings (SSSR count). The second kappa shape index (κ2) is 7.90. The van der Waals surface area contributed by atoms with Crippen LogP contribution in [-0.4, -0.2) is 11.1 Å². The van der Waals surface area contributed by atoms with Gasteiger partial charge in [-0.15, -0.1) is 0 Å². The third-order valence-electron chi connectivity index (χ3n) is 4.77. The summed E-state index contributed by atoms with van der Waals surface area (Å²) in [7, 11) is 0. The Hall–Kier alpha value is -4.05. The first kappa shape index (κ1) is 18.3. The number of rotatable bonds is 4. The van der Waals surface area contributed by atoms with E-state index in [1.54, 1.807) is 12.1 Å². The highest BCUT2D eigenvalue weighted by atomic mass is 16.3. The van der Waals surface area contributed by atoms with E-state index in [2.05, 4.69) is 0 Å². The van der Waals surface area contributed by atoms with E-state index in [0.717, 1.165) is 22.3 Å². The summed E-state index contributed by atoms with van der Waals surface area (Å²) in [6.07, 6.45) is 0. The lowest BCUT2D eigenvalue weighted by Gasteiger charge is -2.25. The Labute approximate surface area is 169 Å². The van der Waals surface area contributed by atoms with Crippen LogP contribution in [0, 0.1) is 0 Å². The standard InChI is InChI=1S/C25H20N2O2/c26-25(29)27(22-14-8-7-13-21(22)19-11-5-2-6-12-19)23-17-20(15-16-24(23)28)18-9-3-1-4-10-18/h1-17,28H,(H2,26,29). The predicted octanol–water partition coefficient (Wildman–Crippen LogP) is 5.94. The number of carbonyl (C=O) groups is 1. The van der Waals surface area contributed by atoms with Crippen molar-refractivity contribution >= 4 is 17.4 Å². The van der Waals surface area contributed by atoms with E-state index in [0.29, 0.717) is 11.4 Å². The summed E-state index contributed by atoms with van der Waals surface area (Å²) < 4.78 is 0. The molecule has 0 heterocycles. The highest BCUT2D eigenvalue weighted by Crippen LogP contribution is 2.40. The molecule has 0 saturated carbocycles. The van der Waals surface area contributed by atoms with Gasteiger partial charge < -0.3 is 10.8 Å². The Bertz CT molecular complexity index is 1140. The number of nitrogens with two attached hydrogens (primary N) is 1. The average molecular weight is 380 g/mol. The van der Waals surface area contributed by atoms with Gasteiger partial charge in [-0.05, 0) is 34.9 Å². The molecule has 3 N–H and O–H groups in total. The fourth-order valence-electron chi connectivity index (χ4n) is 3.41. The van der Waals surface area contributed by atoms with Crippen LogP contribution in [0.2, 0.25) is 0 Å². The topological polar surface area (TPSA) is 66.6 Å². The molecule has 0 unspecified atom stereocenters. The molecule has 0 saturated heterocycles. The van der Waals surface area contributed by atoms with Crippen LogP contribution in [0.5, 0.6) is 5.75 Å². The normalized spacial score (nSPS) is 10.5. The molecule has 0 spiro atoms. The molecule has 0 radical (unpaired) electrons. The van der Waals surface area contributed by atoms with Gasteiger partial charge in [0, 0.05) is 5.56 Å². The van der Waals surface area contributed by atoms with E-state index in [1.807, 2.05) is 91.0 Å². The summed E-state index contributed by atoms with van der Waals surface area (Å²) in [4.78, 5) is 13.9. The molecule has 0 aliphatic heterocycles. The molecule has 4 aromatic carbocycles. The van der Waals surface area contributed by atoms with Gasteiger partial charge in [0.2, 0.25) is 0 Å². The smallest absolute Gasteiger partial charge is 0.324 e. The van der Waals surface area contributed by atoms with Gasteiger partial charge >= 0.3 is 6.03 Å². The quantitative estimate of drug-likeness (QED) is 0.460.